The van der Waals surface area contributed by atoms with E-state index < -0.39 is 0 Å². The number of ether oxygens (including phenoxy) is 1. The molecule has 1 rings (SSSR count). The summed E-state index contributed by atoms with van der Waals surface area (Å²) in [4.78, 5) is 0. The molecular weight excluding hydrogens is 320 g/mol. The number of hydrogen-bond donors (Lipinski definition) is 0. The van der Waals surface area contributed by atoms with Gasteiger partial charge in [0.05, 0.1) is 11.7 Å². The molecule has 1 atom stereocenters. The lowest BCUT2D eigenvalue weighted by atomic mass is 10.1. The van der Waals surface area contributed by atoms with Crippen LogP contribution in [0.1, 0.15) is 32.4 Å². The Morgan fingerprint density at radius 2 is 1.87 bits per heavy atom. The molecule has 1 nitrogen and oxygen atoms in total. The maximum absolute atomic E-state index is 5.98. The molecule has 0 spiro atoms. The molecule has 84 valence electrons. The molecule has 15 heavy (non-hydrogen) atoms. The van der Waals surface area contributed by atoms with Crippen LogP contribution >= 0.6 is 31.9 Å². The van der Waals surface area contributed by atoms with E-state index in [2.05, 4.69) is 58.7 Å². The highest BCUT2D eigenvalue weighted by atomic mass is 79.9. The molecule has 0 bridgehead atoms. The molecule has 0 radical (unpaired) electrons. The van der Waals surface area contributed by atoms with Gasteiger partial charge in [-0.15, -0.1) is 0 Å². The van der Waals surface area contributed by atoms with Crippen molar-refractivity contribution in [3.8, 4) is 0 Å². The first-order chi connectivity index (χ1) is 6.94. The summed E-state index contributed by atoms with van der Waals surface area (Å²) >= 11 is 7.04. The summed E-state index contributed by atoms with van der Waals surface area (Å²) in [7, 11) is 0. The maximum atomic E-state index is 5.98. The van der Waals surface area contributed by atoms with Crippen LogP contribution in [0.25, 0.3) is 0 Å². The third kappa shape index (κ3) is 4.25. The molecule has 0 aliphatic carbocycles. The average molecular weight is 336 g/mol. The van der Waals surface area contributed by atoms with Crippen LogP contribution in [-0.2, 0) is 4.74 Å². The van der Waals surface area contributed by atoms with Crippen LogP contribution in [0.4, 0.5) is 0 Å². The Labute approximate surface area is 108 Å². The summed E-state index contributed by atoms with van der Waals surface area (Å²) in [5, 5.41) is 0.798. The van der Waals surface area contributed by atoms with Gasteiger partial charge in [0.1, 0.15) is 0 Å². The Bertz CT molecular complexity index is 318. The first-order valence-electron chi connectivity index (χ1n) is 4.92. The van der Waals surface area contributed by atoms with Crippen LogP contribution in [0.5, 0.6) is 0 Å². The normalized spacial score (nSPS) is 13.9. The van der Waals surface area contributed by atoms with Gasteiger partial charge in [0, 0.05) is 9.80 Å². The number of halogens is 2. The fraction of sp³-hybridized carbons (Fsp3) is 0.500. The van der Waals surface area contributed by atoms with Gasteiger partial charge in [-0.1, -0.05) is 50.1 Å². The van der Waals surface area contributed by atoms with Gasteiger partial charge in [0.15, 0.2) is 0 Å². The van der Waals surface area contributed by atoms with E-state index in [-0.39, 0.29) is 11.7 Å². The van der Waals surface area contributed by atoms with Crippen molar-refractivity contribution in [3.05, 3.63) is 34.3 Å². The predicted molar refractivity (Wildman–Crippen MR) is 71.5 cm³/mol. The van der Waals surface area contributed by atoms with Gasteiger partial charge < -0.3 is 4.74 Å². The van der Waals surface area contributed by atoms with Crippen molar-refractivity contribution in [1.29, 1.82) is 0 Å². The van der Waals surface area contributed by atoms with Crippen molar-refractivity contribution >= 4 is 31.9 Å². The van der Waals surface area contributed by atoms with Crippen molar-refractivity contribution in [1.82, 2.24) is 0 Å². The fourth-order valence-electron chi connectivity index (χ4n) is 1.34. The first kappa shape index (κ1) is 13.2. The third-order valence-electron chi connectivity index (χ3n) is 1.89. The maximum Gasteiger partial charge on any atom is 0.0939 e. The van der Waals surface area contributed by atoms with E-state index in [0.29, 0.717) is 0 Å². The van der Waals surface area contributed by atoms with Crippen LogP contribution in [0.15, 0.2) is 28.7 Å². The highest BCUT2D eigenvalue weighted by Gasteiger charge is 2.20. The molecule has 0 aliphatic heterocycles. The van der Waals surface area contributed by atoms with Crippen molar-refractivity contribution < 1.29 is 4.74 Å². The molecule has 0 aromatic heterocycles. The highest BCUT2D eigenvalue weighted by molar-refractivity contribution is 9.10. The van der Waals surface area contributed by atoms with Crippen LogP contribution in [0.3, 0.4) is 0 Å². The Kier molecular flexibility index (Phi) is 4.81. The molecule has 0 heterocycles. The Morgan fingerprint density at radius 3 is 2.33 bits per heavy atom. The monoisotopic (exact) mass is 334 g/mol. The zero-order valence-corrected chi connectivity index (χ0v) is 12.4. The molecule has 3 heteroatoms. The molecule has 1 unspecified atom stereocenters. The average Bonchev–Trinajstić information content (AvgIpc) is 2.14. The molecule has 0 fully saturated rings. The predicted octanol–water partition coefficient (Wildman–Crippen LogP) is 4.70. The molecule has 1 aromatic rings. The van der Waals surface area contributed by atoms with E-state index >= 15 is 0 Å². The molecule has 0 saturated carbocycles. The lowest BCUT2D eigenvalue weighted by Crippen LogP contribution is -2.23. The largest absolute Gasteiger partial charge is 0.367 e. The van der Waals surface area contributed by atoms with Crippen molar-refractivity contribution in [2.24, 2.45) is 0 Å². The first-order valence-corrected chi connectivity index (χ1v) is 6.83. The van der Waals surface area contributed by atoms with Gasteiger partial charge in [-0.25, -0.2) is 0 Å². The minimum Gasteiger partial charge on any atom is -0.367 e. The van der Waals surface area contributed by atoms with Crippen LogP contribution in [0, 0.1) is 0 Å². The third-order valence-corrected chi connectivity index (χ3v) is 3.20. The van der Waals surface area contributed by atoms with Gasteiger partial charge in [-0.2, -0.15) is 0 Å². The second kappa shape index (κ2) is 5.46. The standard InChI is InChI=1S/C12H16Br2O/c1-12(2,3)15-11(8-13)9-6-4-5-7-10(9)14/h4-7,11H,8H2,1-3H3. The van der Waals surface area contributed by atoms with Crippen LogP contribution < -0.4 is 0 Å². The second-order valence-electron chi connectivity index (χ2n) is 4.39. The number of hydrogen-bond acceptors (Lipinski definition) is 1. The number of benzene rings is 1. The van der Waals surface area contributed by atoms with Crippen molar-refractivity contribution in [2.45, 2.75) is 32.5 Å². The molecule has 1 aromatic carbocycles. The van der Waals surface area contributed by atoms with E-state index in [4.69, 9.17) is 4.74 Å². The smallest absolute Gasteiger partial charge is 0.0939 e. The lowest BCUT2D eigenvalue weighted by Gasteiger charge is -2.27. The van der Waals surface area contributed by atoms with Crippen LogP contribution in [-0.4, -0.2) is 10.9 Å². The minimum atomic E-state index is -0.131. The second-order valence-corrected chi connectivity index (χ2v) is 5.90. The summed E-state index contributed by atoms with van der Waals surface area (Å²) in [6.45, 7) is 6.21. The molecular formula is C12H16Br2O. The SMILES string of the molecule is CC(C)(C)OC(CBr)c1ccccc1Br. The Hall–Kier alpha value is 0.140. The Balaban J connectivity index is 2.88. The zero-order chi connectivity index (χ0) is 11.5. The van der Waals surface area contributed by atoms with Crippen molar-refractivity contribution in [2.75, 3.05) is 5.33 Å². The molecule has 0 amide bonds. The minimum absolute atomic E-state index is 0.0839. The van der Waals surface area contributed by atoms with Crippen LogP contribution in [0.2, 0.25) is 0 Å². The summed E-state index contributed by atoms with van der Waals surface area (Å²) in [5.74, 6) is 0. The number of rotatable bonds is 3. The zero-order valence-electron chi connectivity index (χ0n) is 9.26. The summed E-state index contributed by atoms with van der Waals surface area (Å²) < 4.78 is 7.07. The number of alkyl halides is 1. The van der Waals surface area contributed by atoms with E-state index in [9.17, 15) is 0 Å². The Morgan fingerprint density at radius 1 is 1.27 bits per heavy atom. The topological polar surface area (TPSA) is 9.23 Å². The van der Waals surface area contributed by atoms with E-state index in [1.165, 1.54) is 5.56 Å². The van der Waals surface area contributed by atoms with E-state index in [1.807, 2.05) is 18.2 Å². The molecule has 0 saturated heterocycles. The van der Waals surface area contributed by atoms with Gasteiger partial charge in [-0.05, 0) is 32.4 Å². The van der Waals surface area contributed by atoms with Crippen molar-refractivity contribution in [3.63, 3.8) is 0 Å². The van der Waals surface area contributed by atoms with Gasteiger partial charge in [0.25, 0.3) is 0 Å². The summed E-state index contributed by atoms with van der Waals surface area (Å²) in [6, 6.07) is 8.16. The summed E-state index contributed by atoms with van der Waals surface area (Å²) in [6.07, 6.45) is 0.0839. The van der Waals surface area contributed by atoms with E-state index in [1.54, 1.807) is 0 Å². The highest BCUT2D eigenvalue weighted by Crippen LogP contribution is 2.30. The molecule has 0 aliphatic rings. The fourth-order valence-corrected chi connectivity index (χ4v) is 2.36. The lowest BCUT2D eigenvalue weighted by molar-refractivity contribution is -0.0504. The van der Waals surface area contributed by atoms with Gasteiger partial charge in [0.2, 0.25) is 0 Å². The molecule has 0 N–H and O–H groups in total. The quantitative estimate of drug-likeness (QED) is 0.727. The van der Waals surface area contributed by atoms with E-state index in [0.717, 1.165) is 9.80 Å². The summed E-state index contributed by atoms with van der Waals surface area (Å²) in [5.41, 5.74) is 1.05. The van der Waals surface area contributed by atoms with Gasteiger partial charge in [-0.3, -0.25) is 0 Å². The van der Waals surface area contributed by atoms with Gasteiger partial charge >= 0.3 is 0 Å².